The van der Waals surface area contributed by atoms with Crippen molar-refractivity contribution in [1.82, 2.24) is 0 Å². The zero-order chi connectivity index (χ0) is 24.3. The van der Waals surface area contributed by atoms with Crippen molar-refractivity contribution in [2.24, 2.45) is 0 Å². The Morgan fingerprint density at radius 1 is 0.694 bits per heavy atom. The Labute approximate surface area is 206 Å². The molecule has 1 spiro atoms. The molecule has 1 atom stereocenters. The van der Waals surface area contributed by atoms with Gasteiger partial charge in [0.2, 0.25) is 0 Å². The van der Waals surface area contributed by atoms with Crippen molar-refractivity contribution in [3.63, 3.8) is 0 Å². The fourth-order valence-corrected chi connectivity index (χ4v) is 5.16. The first kappa shape index (κ1) is 20.5. The van der Waals surface area contributed by atoms with Crippen molar-refractivity contribution in [3.8, 4) is 11.5 Å². The number of ether oxygens (including phenoxy) is 2. The molecule has 5 nitrogen and oxygen atoms in total. The molecule has 5 aromatic carbocycles. The maximum absolute atomic E-state index is 11.2. The van der Waals surface area contributed by atoms with Crippen molar-refractivity contribution >= 4 is 45.0 Å². The van der Waals surface area contributed by atoms with Gasteiger partial charge in [0, 0.05) is 34.9 Å². The number of rotatable bonds is 2. The lowest BCUT2D eigenvalue weighted by atomic mass is 9.88. The Bertz CT molecular complexity index is 1770. The van der Waals surface area contributed by atoms with Gasteiger partial charge < -0.3 is 9.47 Å². The zero-order valence-electron chi connectivity index (χ0n) is 19.0. The summed E-state index contributed by atoms with van der Waals surface area (Å²) < 4.78 is 13.4. The highest BCUT2D eigenvalue weighted by atomic mass is 16.7. The van der Waals surface area contributed by atoms with Gasteiger partial charge in [-0.25, -0.2) is 0 Å². The summed E-state index contributed by atoms with van der Waals surface area (Å²) in [6.07, 6.45) is 6.10. The van der Waals surface area contributed by atoms with Gasteiger partial charge in [-0.05, 0) is 57.5 Å². The molecule has 1 unspecified atom stereocenters. The van der Waals surface area contributed by atoms with E-state index in [0.29, 0.717) is 5.75 Å². The van der Waals surface area contributed by atoms with Gasteiger partial charge in [0.05, 0.1) is 4.92 Å². The molecule has 0 bridgehead atoms. The first-order valence-electron chi connectivity index (χ1n) is 11.7. The number of nitro benzene ring substituents is 1. The van der Waals surface area contributed by atoms with Crippen LogP contribution in [0.3, 0.4) is 0 Å². The zero-order valence-corrected chi connectivity index (χ0v) is 19.0. The summed E-state index contributed by atoms with van der Waals surface area (Å²) >= 11 is 0. The van der Waals surface area contributed by atoms with Gasteiger partial charge in [0.1, 0.15) is 11.5 Å². The first-order valence-corrected chi connectivity index (χ1v) is 11.7. The molecule has 0 fully saturated rings. The second-order valence-corrected chi connectivity index (χ2v) is 8.97. The first-order chi connectivity index (χ1) is 17.6. The number of hydrogen-bond acceptors (Lipinski definition) is 4. The van der Waals surface area contributed by atoms with Crippen molar-refractivity contribution in [1.29, 1.82) is 0 Å². The van der Waals surface area contributed by atoms with Gasteiger partial charge in [-0.3, -0.25) is 10.1 Å². The van der Waals surface area contributed by atoms with E-state index in [-0.39, 0.29) is 10.6 Å². The van der Waals surface area contributed by atoms with E-state index in [1.807, 2.05) is 60.7 Å². The van der Waals surface area contributed by atoms with Crippen LogP contribution in [0.5, 0.6) is 11.5 Å². The monoisotopic (exact) mass is 469 g/mol. The normalized spacial score (nSPS) is 17.7. The highest BCUT2D eigenvalue weighted by Crippen LogP contribution is 2.48. The Morgan fingerprint density at radius 3 is 2.19 bits per heavy atom. The number of fused-ring (bicyclic) bond motifs is 6. The van der Waals surface area contributed by atoms with Crippen LogP contribution in [0.25, 0.3) is 39.3 Å². The lowest BCUT2D eigenvalue weighted by Gasteiger charge is -2.40. The van der Waals surface area contributed by atoms with Crippen LogP contribution in [-0.4, -0.2) is 10.7 Å². The fourth-order valence-electron chi connectivity index (χ4n) is 5.16. The highest BCUT2D eigenvalue weighted by Gasteiger charge is 2.43. The summed E-state index contributed by atoms with van der Waals surface area (Å²) in [4.78, 5) is 10.9. The van der Waals surface area contributed by atoms with E-state index in [1.165, 1.54) is 6.07 Å². The van der Waals surface area contributed by atoms with Crippen LogP contribution in [0.2, 0.25) is 0 Å². The molecule has 0 saturated heterocycles. The van der Waals surface area contributed by atoms with Gasteiger partial charge in [0.15, 0.2) is 0 Å². The summed E-state index contributed by atoms with van der Waals surface area (Å²) in [7, 11) is 0. The van der Waals surface area contributed by atoms with Crippen LogP contribution in [0.15, 0.2) is 103 Å². The molecule has 0 N–H and O–H groups in total. The summed E-state index contributed by atoms with van der Waals surface area (Å²) in [6, 6.07) is 31.0. The molecule has 36 heavy (non-hydrogen) atoms. The predicted molar refractivity (Wildman–Crippen MR) is 142 cm³/mol. The molecule has 172 valence electrons. The molecular formula is C31H19NO4. The standard InChI is InChI=1S/C31H19NO4/c33-32(34)23-12-13-25-22(18-23)11-15-29-26(25)16-17-31(35-29)28(21-7-2-1-3-8-21)19-27-24-9-5-4-6-20(24)10-14-30(27)36-31/h1-19H. The van der Waals surface area contributed by atoms with E-state index in [9.17, 15) is 10.1 Å². The maximum Gasteiger partial charge on any atom is 0.299 e. The number of benzene rings is 5. The van der Waals surface area contributed by atoms with Crippen LogP contribution in [0.1, 0.15) is 16.7 Å². The van der Waals surface area contributed by atoms with E-state index < -0.39 is 5.79 Å². The molecule has 0 aliphatic carbocycles. The molecular weight excluding hydrogens is 450 g/mol. The summed E-state index contributed by atoms with van der Waals surface area (Å²) in [5, 5.41) is 15.2. The third kappa shape index (κ3) is 3.03. The minimum Gasteiger partial charge on any atom is -0.444 e. The van der Waals surface area contributed by atoms with Gasteiger partial charge in [-0.1, -0.05) is 66.7 Å². The summed E-state index contributed by atoms with van der Waals surface area (Å²) in [5.74, 6) is 0.251. The fraction of sp³-hybridized carbons (Fsp3) is 0.0323. The molecule has 0 radical (unpaired) electrons. The number of non-ortho nitro benzene ring substituents is 1. The third-order valence-corrected chi connectivity index (χ3v) is 6.89. The Morgan fingerprint density at radius 2 is 1.39 bits per heavy atom. The van der Waals surface area contributed by atoms with E-state index in [2.05, 4.69) is 36.4 Å². The molecule has 0 aromatic heterocycles. The molecule has 0 amide bonds. The van der Waals surface area contributed by atoms with Crippen molar-refractivity contribution in [2.75, 3.05) is 0 Å². The van der Waals surface area contributed by atoms with Gasteiger partial charge >= 0.3 is 0 Å². The van der Waals surface area contributed by atoms with E-state index >= 15 is 0 Å². The van der Waals surface area contributed by atoms with Gasteiger partial charge in [0.25, 0.3) is 11.5 Å². The Balaban J connectivity index is 1.42. The van der Waals surface area contributed by atoms with E-state index in [4.69, 9.17) is 9.47 Å². The second kappa shape index (κ2) is 7.55. The largest absolute Gasteiger partial charge is 0.444 e. The van der Waals surface area contributed by atoms with Crippen molar-refractivity contribution < 1.29 is 14.4 Å². The van der Waals surface area contributed by atoms with E-state index in [1.54, 1.807) is 12.1 Å². The average molecular weight is 469 g/mol. The molecule has 2 heterocycles. The van der Waals surface area contributed by atoms with Crippen LogP contribution in [-0.2, 0) is 0 Å². The molecule has 2 aliphatic rings. The Kier molecular flexibility index (Phi) is 4.29. The quantitative estimate of drug-likeness (QED) is 0.197. The number of hydrogen-bond donors (Lipinski definition) is 0. The van der Waals surface area contributed by atoms with Crippen LogP contribution < -0.4 is 9.47 Å². The van der Waals surface area contributed by atoms with E-state index in [0.717, 1.165) is 49.6 Å². The molecule has 5 aromatic rings. The SMILES string of the molecule is O=[N+]([O-])c1ccc2c3c(ccc2c1)OC1(C=C3)Oc2ccc3ccccc3c2C=C1c1ccccc1. The topological polar surface area (TPSA) is 61.6 Å². The lowest BCUT2D eigenvalue weighted by molar-refractivity contribution is -0.384. The summed E-state index contributed by atoms with van der Waals surface area (Å²) in [6.45, 7) is 0. The lowest BCUT2D eigenvalue weighted by Crippen LogP contribution is -2.44. The van der Waals surface area contributed by atoms with Crippen LogP contribution >= 0.6 is 0 Å². The highest BCUT2D eigenvalue weighted by molar-refractivity contribution is 6.02. The van der Waals surface area contributed by atoms with Crippen LogP contribution in [0.4, 0.5) is 5.69 Å². The number of nitrogens with zero attached hydrogens (tertiary/aromatic N) is 1. The molecule has 0 saturated carbocycles. The predicted octanol–water partition coefficient (Wildman–Crippen LogP) is 7.64. The average Bonchev–Trinajstić information content (AvgIpc) is 2.92. The van der Waals surface area contributed by atoms with Crippen molar-refractivity contribution in [3.05, 3.63) is 130 Å². The molecule has 2 aliphatic heterocycles. The maximum atomic E-state index is 11.2. The van der Waals surface area contributed by atoms with Crippen molar-refractivity contribution in [2.45, 2.75) is 5.79 Å². The van der Waals surface area contributed by atoms with Crippen LogP contribution in [0, 0.1) is 10.1 Å². The Hall–Kier alpha value is -4.90. The van der Waals surface area contributed by atoms with Gasteiger partial charge in [-0.2, -0.15) is 0 Å². The smallest absolute Gasteiger partial charge is 0.299 e. The minimum atomic E-state index is -1.15. The van der Waals surface area contributed by atoms with Gasteiger partial charge in [-0.15, -0.1) is 0 Å². The second-order valence-electron chi connectivity index (χ2n) is 8.97. The third-order valence-electron chi connectivity index (χ3n) is 6.89. The number of nitro groups is 1. The molecule has 5 heteroatoms. The molecule has 7 rings (SSSR count). The summed E-state index contributed by atoms with van der Waals surface area (Å²) in [5.41, 5.74) is 3.85. The minimum absolute atomic E-state index is 0.0633.